The first-order valence-corrected chi connectivity index (χ1v) is 5.83. The van der Waals surface area contributed by atoms with Gasteiger partial charge in [0.05, 0.1) is 0 Å². The minimum atomic E-state index is -0.711. The first kappa shape index (κ1) is 14.7. The number of allylic oxidation sites excluding steroid dienone is 5. The molecule has 0 saturated heterocycles. The minimum Gasteiger partial charge on any atom is -0.481 e. The zero-order valence-corrected chi connectivity index (χ0v) is 10.3. The Kier molecular flexibility index (Phi) is 8.22. The Balaban J connectivity index is 3.90. The van der Waals surface area contributed by atoms with Crippen LogP contribution in [0.25, 0.3) is 0 Å². The zero-order chi connectivity index (χ0) is 12.4. The molecule has 0 aromatic carbocycles. The second-order valence-corrected chi connectivity index (χ2v) is 3.81. The van der Waals surface area contributed by atoms with Crippen LogP contribution in [0.5, 0.6) is 0 Å². The minimum absolute atomic E-state index is 0.266. The number of rotatable bonds is 8. The average Bonchev–Trinajstić information content (AvgIpc) is 2.27. The monoisotopic (exact) mass is 222 g/mol. The van der Waals surface area contributed by atoms with E-state index in [1.165, 1.54) is 5.57 Å². The number of hydrogen-bond acceptors (Lipinski definition) is 1. The fourth-order valence-corrected chi connectivity index (χ4v) is 1.27. The van der Waals surface area contributed by atoms with Gasteiger partial charge in [-0.2, -0.15) is 0 Å². The number of carboxylic acid groups (broad SMARTS) is 1. The molecule has 0 radical (unpaired) electrons. The van der Waals surface area contributed by atoms with Crippen molar-refractivity contribution in [2.24, 2.45) is 0 Å². The second kappa shape index (κ2) is 8.96. The fourth-order valence-electron chi connectivity index (χ4n) is 1.27. The van der Waals surface area contributed by atoms with Crippen molar-refractivity contribution >= 4 is 5.97 Å². The lowest BCUT2D eigenvalue weighted by molar-refractivity contribution is -0.137. The summed E-state index contributed by atoms with van der Waals surface area (Å²) in [4.78, 5) is 10.3. The predicted molar refractivity (Wildman–Crippen MR) is 68.4 cm³/mol. The molecule has 2 nitrogen and oxygen atoms in total. The van der Waals surface area contributed by atoms with Gasteiger partial charge in [0, 0.05) is 6.42 Å². The van der Waals surface area contributed by atoms with E-state index in [2.05, 4.69) is 25.7 Å². The number of carbonyl (C=O) groups is 1. The van der Waals surface area contributed by atoms with Crippen LogP contribution in [0, 0.1) is 0 Å². The van der Waals surface area contributed by atoms with E-state index in [4.69, 9.17) is 5.11 Å². The lowest BCUT2D eigenvalue weighted by Gasteiger charge is -2.01. The first-order chi connectivity index (χ1) is 7.60. The third-order valence-electron chi connectivity index (χ3n) is 2.46. The van der Waals surface area contributed by atoms with Gasteiger partial charge in [0.2, 0.25) is 0 Å². The van der Waals surface area contributed by atoms with Crippen LogP contribution in [0.4, 0.5) is 0 Å². The molecule has 1 N–H and O–H groups in total. The highest BCUT2D eigenvalue weighted by atomic mass is 16.4. The Labute approximate surface area is 98.4 Å². The highest BCUT2D eigenvalue weighted by Gasteiger charge is 1.97. The van der Waals surface area contributed by atoms with Crippen LogP contribution in [-0.4, -0.2) is 11.1 Å². The quantitative estimate of drug-likeness (QED) is 0.496. The van der Waals surface area contributed by atoms with Gasteiger partial charge in [0.1, 0.15) is 0 Å². The summed E-state index contributed by atoms with van der Waals surface area (Å²) in [5, 5.41) is 8.50. The Morgan fingerprint density at radius 2 is 1.88 bits per heavy atom. The average molecular weight is 222 g/mol. The summed E-state index contributed by atoms with van der Waals surface area (Å²) < 4.78 is 0. The van der Waals surface area contributed by atoms with Crippen molar-refractivity contribution in [3.63, 3.8) is 0 Å². The van der Waals surface area contributed by atoms with Crippen molar-refractivity contribution in [2.75, 3.05) is 0 Å². The molecule has 16 heavy (non-hydrogen) atoms. The van der Waals surface area contributed by atoms with Gasteiger partial charge >= 0.3 is 5.97 Å². The molecule has 90 valence electrons. The van der Waals surface area contributed by atoms with Crippen molar-refractivity contribution in [2.45, 2.75) is 46.0 Å². The maximum atomic E-state index is 10.3. The number of carboxylic acids is 1. The summed E-state index contributed by atoms with van der Waals surface area (Å²) in [7, 11) is 0. The Bertz CT molecular complexity index is 285. The maximum absolute atomic E-state index is 10.3. The van der Waals surface area contributed by atoms with Gasteiger partial charge in [-0.15, -0.1) is 0 Å². The molecular formula is C14H22O2. The first-order valence-electron chi connectivity index (χ1n) is 5.83. The van der Waals surface area contributed by atoms with Crippen LogP contribution in [-0.2, 0) is 4.79 Å². The standard InChI is InChI=1S/C14H22O2/c1-4-12(3)10-11-13(5-2)8-6-7-9-14(15)16/h5,10-11H,3-4,6-9H2,1-2H3,(H,15,16)/b11-10-,13-5-. The number of aliphatic carboxylic acids is 1. The van der Waals surface area contributed by atoms with E-state index in [1.807, 2.05) is 13.0 Å². The molecule has 0 fully saturated rings. The number of unbranched alkanes of at least 4 members (excludes halogenated alkanes) is 1. The molecule has 0 amide bonds. The fraction of sp³-hybridized carbons (Fsp3) is 0.500. The molecular weight excluding hydrogens is 200 g/mol. The Morgan fingerprint density at radius 3 is 2.38 bits per heavy atom. The Hall–Kier alpha value is -1.31. The van der Waals surface area contributed by atoms with Crippen molar-refractivity contribution in [3.05, 3.63) is 36.0 Å². The van der Waals surface area contributed by atoms with Crippen LogP contribution in [0.2, 0.25) is 0 Å². The van der Waals surface area contributed by atoms with Crippen molar-refractivity contribution in [3.8, 4) is 0 Å². The molecule has 0 aliphatic rings. The van der Waals surface area contributed by atoms with Gasteiger partial charge in [0.15, 0.2) is 0 Å². The lowest BCUT2D eigenvalue weighted by Crippen LogP contribution is -1.93. The topological polar surface area (TPSA) is 37.3 Å². The molecule has 0 aliphatic heterocycles. The largest absolute Gasteiger partial charge is 0.481 e. The van der Waals surface area contributed by atoms with E-state index in [9.17, 15) is 4.79 Å². The molecule has 0 rings (SSSR count). The predicted octanol–water partition coefficient (Wildman–Crippen LogP) is 4.10. The highest BCUT2D eigenvalue weighted by molar-refractivity contribution is 5.66. The molecule has 0 heterocycles. The van der Waals surface area contributed by atoms with Crippen molar-refractivity contribution in [1.29, 1.82) is 0 Å². The molecule has 0 spiro atoms. The third kappa shape index (κ3) is 8.04. The molecule has 0 aliphatic carbocycles. The summed E-state index contributed by atoms with van der Waals surface area (Å²) >= 11 is 0. The maximum Gasteiger partial charge on any atom is 0.303 e. The summed E-state index contributed by atoms with van der Waals surface area (Å²) in [6.07, 6.45) is 10.0. The van der Waals surface area contributed by atoms with E-state index in [0.29, 0.717) is 0 Å². The van der Waals surface area contributed by atoms with Gasteiger partial charge in [-0.1, -0.05) is 42.9 Å². The van der Waals surface area contributed by atoms with E-state index in [-0.39, 0.29) is 6.42 Å². The normalized spacial score (nSPS) is 12.0. The van der Waals surface area contributed by atoms with Crippen LogP contribution in [0.3, 0.4) is 0 Å². The van der Waals surface area contributed by atoms with Crippen LogP contribution in [0.15, 0.2) is 36.0 Å². The molecule has 0 atom stereocenters. The van der Waals surface area contributed by atoms with E-state index >= 15 is 0 Å². The van der Waals surface area contributed by atoms with E-state index < -0.39 is 5.97 Å². The Morgan fingerprint density at radius 1 is 1.25 bits per heavy atom. The molecule has 0 bridgehead atoms. The molecule has 0 saturated carbocycles. The molecule has 0 unspecified atom stereocenters. The van der Waals surface area contributed by atoms with Gasteiger partial charge < -0.3 is 5.11 Å². The highest BCUT2D eigenvalue weighted by Crippen LogP contribution is 2.12. The van der Waals surface area contributed by atoms with Crippen molar-refractivity contribution in [1.82, 2.24) is 0 Å². The van der Waals surface area contributed by atoms with Crippen LogP contribution < -0.4 is 0 Å². The second-order valence-electron chi connectivity index (χ2n) is 3.81. The van der Waals surface area contributed by atoms with E-state index in [0.717, 1.165) is 31.3 Å². The summed E-state index contributed by atoms with van der Waals surface area (Å²) in [5.74, 6) is -0.711. The zero-order valence-electron chi connectivity index (χ0n) is 10.3. The molecule has 0 aromatic heterocycles. The van der Waals surface area contributed by atoms with Gasteiger partial charge in [-0.25, -0.2) is 0 Å². The number of hydrogen-bond donors (Lipinski definition) is 1. The molecule has 2 heteroatoms. The lowest BCUT2D eigenvalue weighted by atomic mass is 10.1. The summed E-state index contributed by atoms with van der Waals surface area (Å²) in [5.41, 5.74) is 2.37. The SMILES string of the molecule is C=C(/C=C\C(=C/C)CCCCC(=O)O)CC. The van der Waals surface area contributed by atoms with E-state index in [1.54, 1.807) is 0 Å². The summed E-state index contributed by atoms with van der Waals surface area (Å²) in [6.45, 7) is 7.99. The van der Waals surface area contributed by atoms with Gasteiger partial charge in [-0.3, -0.25) is 4.79 Å². The third-order valence-corrected chi connectivity index (χ3v) is 2.46. The van der Waals surface area contributed by atoms with Crippen LogP contribution in [0.1, 0.15) is 46.0 Å². The molecule has 0 aromatic rings. The summed E-state index contributed by atoms with van der Waals surface area (Å²) in [6, 6.07) is 0. The van der Waals surface area contributed by atoms with Gasteiger partial charge in [0.25, 0.3) is 0 Å². The van der Waals surface area contributed by atoms with Gasteiger partial charge in [-0.05, 0) is 32.6 Å². The van der Waals surface area contributed by atoms with Crippen LogP contribution >= 0.6 is 0 Å². The smallest absolute Gasteiger partial charge is 0.303 e. The van der Waals surface area contributed by atoms with Crippen molar-refractivity contribution < 1.29 is 9.90 Å².